The summed E-state index contributed by atoms with van der Waals surface area (Å²) in [5.74, 6) is 0.0192. The summed E-state index contributed by atoms with van der Waals surface area (Å²) in [6.07, 6.45) is 5.73. The molecule has 1 aromatic heterocycles. The number of aromatic nitrogens is 4. The molecule has 1 aliphatic rings. The zero-order valence-electron chi connectivity index (χ0n) is 15.6. The minimum absolute atomic E-state index is 0.0192. The van der Waals surface area contributed by atoms with Crippen LogP contribution >= 0.6 is 11.8 Å². The van der Waals surface area contributed by atoms with Crippen LogP contribution in [-0.2, 0) is 4.79 Å². The van der Waals surface area contributed by atoms with Crippen LogP contribution in [0.15, 0.2) is 65.8 Å². The molecule has 0 radical (unpaired) electrons. The Kier molecular flexibility index (Phi) is 6.01. The van der Waals surface area contributed by atoms with Crippen LogP contribution < -0.4 is 5.32 Å². The molecule has 0 unspecified atom stereocenters. The number of carbonyl (C=O) groups excluding carboxylic acids is 1. The molecule has 0 bridgehead atoms. The van der Waals surface area contributed by atoms with E-state index in [9.17, 15) is 4.79 Å². The minimum atomic E-state index is -0.406. The van der Waals surface area contributed by atoms with Crippen LogP contribution in [0.5, 0.6) is 0 Å². The van der Waals surface area contributed by atoms with Gasteiger partial charge in [-0.1, -0.05) is 79.6 Å². The third kappa shape index (κ3) is 4.42. The Hall–Kier alpha value is -2.67. The van der Waals surface area contributed by atoms with Gasteiger partial charge in [0, 0.05) is 6.04 Å². The molecule has 4 rings (SSSR count). The molecule has 1 N–H and O–H groups in total. The van der Waals surface area contributed by atoms with E-state index in [0.29, 0.717) is 5.16 Å². The number of nitrogens with one attached hydrogen (secondary N) is 1. The van der Waals surface area contributed by atoms with Crippen LogP contribution in [0.2, 0.25) is 0 Å². The zero-order chi connectivity index (χ0) is 19.2. The van der Waals surface area contributed by atoms with Gasteiger partial charge in [-0.15, -0.1) is 5.10 Å². The summed E-state index contributed by atoms with van der Waals surface area (Å²) >= 11 is 1.38. The molecule has 0 spiro atoms. The highest BCUT2D eigenvalue weighted by Crippen LogP contribution is 2.35. The Morgan fingerprint density at radius 3 is 2.39 bits per heavy atom. The van der Waals surface area contributed by atoms with Crippen LogP contribution in [0.1, 0.15) is 42.9 Å². The fourth-order valence-electron chi connectivity index (χ4n) is 3.51. The van der Waals surface area contributed by atoms with Gasteiger partial charge in [0.1, 0.15) is 5.25 Å². The van der Waals surface area contributed by atoms with Gasteiger partial charge in [-0.2, -0.15) is 4.68 Å². The predicted octanol–water partition coefficient (Wildman–Crippen LogP) is 3.94. The van der Waals surface area contributed by atoms with E-state index in [0.717, 1.165) is 24.1 Å². The summed E-state index contributed by atoms with van der Waals surface area (Å²) in [7, 11) is 0. The van der Waals surface area contributed by atoms with E-state index in [1.165, 1.54) is 31.0 Å². The molecule has 1 amide bonds. The van der Waals surface area contributed by atoms with Crippen molar-refractivity contribution >= 4 is 17.7 Å². The van der Waals surface area contributed by atoms with E-state index in [1.807, 2.05) is 60.7 Å². The van der Waals surface area contributed by atoms with Crippen molar-refractivity contribution in [2.45, 2.75) is 48.6 Å². The molecule has 3 aromatic rings. The number of hydrogen-bond acceptors (Lipinski definition) is 5. The van der Waals surface area contributed by atoms with Crippen LogP contribution in [0, 0.1) is 0 Å². The van der Waals surface area contributed by atoms with Crippen LogP contribution in [0.4, 0.5) is 0 Å². The molecule has 6 nitrogen and oxygen atoms in total. The van der Waals surface area contributed by atoms with Gasteiger partial charge in [0.25, 0.3) is 0 Å². The van der Waals surface area contributed by atoms with Gasteiger partial charge in [0.05, 0.1) is 5.69 Å². The normalized spacial score (nSPS) is 15.9. The molecule has 0 aliphatic heterocycles. The second-order valence-corrected chi connectivity index (χ2v) is 8.03. The molecule has 2 aromatic carbocycles. The molecule has 7 heteroatoms. The molecule has 28 heavy (non-hydrogen) atoms. The van der Waals surface area contributed by atoms with E-state index in [-0.39, 0.29) is 11.9 Å². The number of para-hydroxylation sites is 1. The Morgan fingerprint density at radius 2 is 1.68 bits per heavy atom. The number of nitrogens with zero attached hydrogens (tertiary/aromatic N) is 4. The number of benzene rings is 2. The van der Waals surface area contributed by atoms with Crippen LogP contribution in [0.3, 0.4) is 0 Å². The maximum atomic E-state index is 13.2. The van der Waals surface area contributed by atoms with E-state index >= 15 is 0 Å². The van der Waals surface area contributed by atoms with Crippen molar-refractivity contribution in [2.75, 3.05) is 0 Å². The van der Waals surface area contributed by atoms with Gasteiger partial charge < -0.3 is 5.32 Å². The van der Waals surface area contributed by atoms with Gasteiger partial charge >= 0.3 is 0 Å². The van der Waals surface area contributed by atoms with Crippen molar-refractivity contribution in [3.63, 3.8) is 0 Å². The van der Waals surface area contributed by atoms with Crippen LogP contribution in [-0.4, -0.2) is 32.2 Å². The maximum absolute atomic E-state index is 13.2. The molecule has 1 heterocycles. The number of tetrazole rings is 1. The molecular weight excluding hydrogens is 370 g/mol. The highest BCUT2D eigenvalue weighted by Gasteiger charge is 2.27. The number of rotatable bonds is 6. The lowest BCUT2D eigenvalue weighted by Crippen LogP contribution is -2.38. The average Bonchev–Trinajstić information content (AvgIpc) is 3.22. The summed E-state index contributed by atoms with van der Waals surface area (Å²) in [6.45, 7) is 0. The number of hydrogen-bond donors (Lipinski definition) is 1. The molecule has 0 saturated heterocycles. The van der Waals surface area contributed by atoms with Gasteiger partial charge in [0.15, 0.2) is 0 Å². The molecule has 144 valence electrons. The maximum Gasteiger partial charge on any atom is 0.238 e. The number of thioether (sulfide) groups is 1. The Balaban J connectivity index is 1.58. The van der Waals surface area contributed by atoms with Crippen molar-refractivity contribution in [3.8, 4) is 5.69 Å². The summed E-state index contributed by atoms with van der Waals surface area (Å²) < 4.78 is 1.68. The van der Waals surface area contributed by atoms with Gasteiger partial charge in [-0.3, -0.25) is 4.79 Å². The zero-order valence-corrected chi connectivity index (χ0v) is 16.4. The summed E-state index contributed by atoms with van der Waals surface area (Å²) in [6, 6.07) is 19.8. The fraction of sp³-hybridized carbons (Fsp3) is 0.333. The lowest BCUT2D eigenvalue weighted by atomic mass is 9.95. The molecule has 1 saturated carbocycles. The first-order chi connectivity index (χ1) is 13.8. The average molecular weight is 394 g/mol. The predicted molar refractivity (Wildman–Crippen MR) is 109 cm³/mol. The Morgan fingerprint density at radius 1 is 1.00 bits per heavy atom. The first-order valence-electron chi connectivity index (χ1n) is 9.67. The van der Waals surface area contributed by atoms with Crippen molar-refractivity contribution < 1.29 is 4.79 Å². The van der Waals surface area contributed by atoms with E-state index in [4.69, 9.17) is 0 Å². The second kappa shape index (κ2) is 9.01. The van der Waals surface area contributed by atoms with Crippen LogP contribution in [0.25, 0.3) is 5.69 Å². The fourth-order valence-corrected chi connectivity index (χ4v) is 4.52. The standard InChI is InChI=1S/C21H23N5OS/c27-20(22-17-12-6-2-7-13-17)19(16-10-4-1-5-11-16)28-21-23-24-25-26(21)18-14-8-3-9-15-18/h1,3-5,8-11,14-15,17,19H,2,6-7,12-13H2,(H,22,27)/t19-/m0/s1. The second-order valence-electron chi connectivity index (χ2n) is 6.96. The highest BCUT2D eigenvalue weighted by molar-refractivity contribution is 8.00. The van der Waals surface area contributed by atoms with Crippen molar-refractivity contribution in [2.24, 2.45) is 0 Å². The van der Waals surface area contributed by atoms with Gasteiger partial charge in [-0.05, 0) is 41.0 Å². The van der Waals surface area contributed by atoms with E-state index in [1.54, 1.807) is 4.68 Å². The quantitative estimate of drug-likeness (QED) is 0.642. The van der Waals surface area contributed by atoms with Gasteiger partial charge in [0.2, 0.25) is 11.1 Å². The third-order valence-corrected chi connectivity index (χ3v) is 6.14. The Bertz CT molecular complexity index is 893. The van der Waals surface area contributed by atoms with Crippen molar-refractivity contribution in [3.05, 3.63) is 66.2 Å². The number of amides is 1. The highest BCUT2D eigenvalue weighted by atomic mass is 32.2. The van der Waals surface area contributed by atoms with E-state index < -0.39 is 5.25 Å². The molecule has 1 aliphatic carbocycles. The first kappa shape index (κ1) is 18.7. The topological polar surface area (TPSA) is 72.7 Å². The lowest BCUT2D eigenvalue weighted by Gasteiger charge is -2.25. The largest absolute Gasteiger partial charge is 0.352 e. The summed E-state index contributed by atoms with van der Waals surface area (Å²) in [5.41, 5.74) is 1.82. The number of carbonyl (C=O) groups is 1. The molecular formula is C21H23N5OS. The Labute approximate surface area is 168 Å². The minimum Gasteiger partial charge on any atom is -0.352 e. The van der Waals surface area contributed by atoms with Crippen molar-refractivity contribution in [1.82, 2.24) is 25.5 Å². The monoisotopic (exact) mass is 393 g/mol. The smallest absolute Gasteiger partial charge is 0.238 e. The summed E-state index contributed by atoms with van der Waals surface area (Å²) in [5, 5.41) is 15.6. The van der Waals surface area contributed by atoms with Crippen molar-refractivity contribution in [1.29, 1.82) is 0 Å². The molecule has 1 atom stereocenters. The first-order valence-corrected chi connectivity index (χ1v) is 10.5. The SMILES string of the molecule is O=C(NC1CCCCC1)[C@@H](Sc1nnnn1-c1ccccc1)c1ccccc1. The van der Waals surface area contributed by atoms with Gasteiger partial charge in [-0.25, -0.2) is 0 Å². The summed E-state index contributed by atoms with van der Waals surface area (Å²) in [4.78, 5) is 13.2. The lowest BCUT2D eigenvalue weighted by molar-refractivity contribution is -0.121. The third-order valence-electron chi connectivity index (χ3n) is 4.96. The van der Waals surface area contributed by atoms with E-state index in [2.05, 4.69) is 20.8 Å². The molecule has 1 fully saturated rings.